The van der Waals surface area contributed by atoms with Crippen molar-refractivity contribution in [2.24, 2.45) is 11.7 Å². The normalized spacial score (nSPS) is 27.5. The van der Waals surface area contributed by atoms with Gasteiger partial charge in [0.25, 0.3) is 0 Å². The number of allylic oxidation sites excluding steroid dienone is 3. The van der Waals surface area contributed by atoms with E-state index >= 15 is 0 Å². The predicted molar refractivity (Wildman–Crippen MR) is 171 cm³/mol. The van der Waals surface area contributed by atoms with Gasteiger partial charge in [0.05, 0.1) is 25.9 Å². The number of nitrogens with zero attached hydrogens (tertiary/aromatic N) is 3. The first-order valence-corrected chi connectivity index (χ1v) is 16.4. The fraction of sp³-hybridized carbons (Fsp3) is 0.545. The van der Waals surface area contributed by atoms with Gasteiger partial charge in [-0.15, -0.1) is 0 Å². The van der Waals surface area contributed by atoms with Gasteiger partial charge in [-0.05, 0) is 44.3 Å². The number of aromatic nitrogens is 2. The molecule has 5 unspecified atom stereocenters. The van der Waals surface area contributed by atoms with Gasteiger partial charge in [0, 0.05) is 37.0 Å². The first-order valence-electron chi connectivity index (χ1n) is 16.4. The zero-order chi connectivity index (χ0) is 32.9. The van der Waals surface area contributed by atoms with Crippen LogP contribution in [0.3, 0.4) is 0 Å². The Labute approximate surface area is 273 Å². The number of benzene rings is 1. The Kier molecular flexibility index (Phi) is 8.37. The van der Waals surface area contributed by atoms with Crippen molar-refractivity contribution in [2.75, 3.05) is 25.3 Å². The van der Waals surface area contributed by atoms with Crippen molar-refractivity contribution in [1.82, 2.24) is 25.5 Å². The highest BCUT2D eigenvalue weighted by Gasteiger charge is 2.47. The number of anilines is 1. The summed E-state index contributed by atoms with van der Waals surface area (Å²) >= 11 is 0. The molecule has 5 atom stereocenters. The van der Waals surface area contributed by atoms with Crippen molar-refractivity contribution in [1.29, 1.82) is 0 Å². The minimum absolute atomic E-state index is 0.0418. The first kappa shape index (κ1) is 31.5. The van der Waals surface area contributed by atoms with Crippen molar-refractivity contribution in [3.8, 4) is 17.2 Å². The maximum absolute atomic E-state index is 12.9. The van der Waals surface area contributed by atoms with E-state index in [0.29, 0.717) is 54.0 Å². The van der Waals surface area contributed by atoms with Crippen molar-refractivity contribution >= 4 is 23.4 Å². The number of amides is 1. The summed E-state index contributed by atoms with van der Waals surface area (Å²) < 4.78 is 25.8. The Morgan fingerprint density at radius 2 is 2.09 bits per heavy atom. The SMILES string of the molecule is CCOC(=O)C1=CC(=CCn2ccnc2N2CNC3C(=O)NC(N)NC32)c2c(cc3c(c2OC)CC(C(C)(O)C2CCCCC2)O3)O1. The number of methoxy groups -OCH3 is 1. The predicted octanol–water partition coefficient (Wildman–Crippen LogP) is 1.47. The summed E-state index contributed by atoms with van der Waals surface area (Å²) in [5.41, 5.74) is 7.22. The number of rotatable bonds is 8. The summed E-state index contributed by atoms with van der Waals surface area (Å²) in [5.74, 6) is 1.62. The molecule has 14 nitrogen and oxygen atoms in total. The summed E-state index contributed by atoms with van der Waals surface area (Å²) in [6, 6.07) is 1.30. The summed E-state index contributed by atoms with van der Waals surface area (Å²) in [5, 5.41) is 20.9. The second kappa shape index (κ2) is 12.5. The second-order valence-electron chi connectivity index (χ2n) is 12.9. The third-order valence-electron chi connectivity index (χ3n) is 10.0. The third kappa shape index (κ3) is 5.62. The van der Waals surface area contributed by atoms with Crippen LogP contribution in [0.25, 0.3) is 5.57 Å². The molecule has 0 radical (unpaired) electrons. The van der Waals surface area contributed by atoms with Crippen molar-refractivity contribution in [3.05, 3.63) is 47.5 Å². The molecule has 3 fully saturated rings. The molecular weight excluding hydrogens is 606 g/mol. The van der Waals surface area contributed by atoms with E-state index < -0.39 is 30.0 Å². The van der Waals surface area contributed by atoms with Crippen LogP contribution < -0.4 is 40.8 Å². The van der Waals surface area contributed by atoms with Gasteiger partial charge in [0.2, 0.25) is 17.6 Å². The van der Waals surface area contributed by atoms with Gasteiger partial charge in [-0.1, -0.05) is 25.3 Å². The number of hydrogen-bond acceptors (Lipinski definition) is 12. The average molecular weight is 650 g/mol. The molecule has 1 amide bonds. The van der Waals surface area contributed by atoms with E-state index in [2.05, 4.69) is 20.9 Å². The fourth-order valence-corrected chi connectivity index (χ4v) is 7.58. The van der Waals surface area contributed by atoms with Crippen molar-refractivity contribution in [3.63, 3.8) is 0 Å². The Morgan fingerprint density at radius 3 is 2.85 bits per heavy atom. The largest absolute Gasteiger partial charge is 0.496 e. The lowest BCUT2D eigenvalue weighted by atomic mass is 9.74. The lowest BCUT2D eigenvalue weighted by Gasteiger charge is -2.39. The lowest BCUT2D eigenvalue weighted by molar-refractivity contribution is -0.141. The quantitative estimate of drug-likeness (QED) is 0.261. The second-order valence-corrected chi connectivity index (χ2v) is 12.9. The minimum atomic E-state index is -1.02. The van der Waals surface area contributed by atoms with Crippen LogP contribution in [0, 0.1) is 5.92 Å². The van der Waals surface area contributed by atoms with Gasteiger partial charge >= 0.3 is 5.97 Å². The van der Waals surface area contributed by atoms with E-state index in [9.17, 15) is 14.7 Å². The number of hydrogen-bond donors (Lipinski definition) is 5. The van der Waals surface area contributed by atoms with Crippen molar-refractivity contribution in [2.45, 2.75) is 89.1 Å². The van der Waals surface area contributed by atoms with Gasteiger partial charge in [0.1, 0.15) is 47.5 Å². The average Bonchev–Trinajstić information content (AvgIpc) is 3.81. The summed E-state index contributed by atoms with van der Waals surface area (Å²) in [6.07, 6.45) is 11.5. The number of imidazole rings is 1. The smallest absolute Gasteiger partial charge is 0.374 e. The van der Waals surface area contributed by atoms with Crippen LogP contribution in [-0.4, -0.2) is 77.1 Å². The van der Waals surface area contributed by atoms with E-state index in [1.807, 2.05) is 28.7 Å². The third-order valence-corrected chi connectivity index (χ3v) is 10.0. The van der Waals surface area contributed by atoms with Crippen molar-refractivity contribution < 1.29 is 33.6 Å². The van der Waals surface area contributed by atoms with Crippen LogP contribution in [0.5, 0.6) is 17.2 Å². The number of carbonyl (C=O) groups excluding carboxylic acids is 2. The highest BCUT2D eigenvalue weighted by Crippen LogP contribution is 2.51. The minimum Gasteiger partial charge on any atom is -0.496 e. The molecule has 4 aliphatic heterocycles. The Morgan fingerprint density at radius 1 is 1.28 bits per heavy atom. The van der Waals surface area contributed by atoms with Crippen LogP contribution >= 0.6 is 0 Å². The number of nitrogens with one attached hydrogen (secondary N) is 3. The van der Waals surface area contributed by atoms with Gasteiger partial charge in [-0.2, -0.15) is 0 Å². The maximum Gasteiger partial charge on any atom is 0.374 e. The molecule has 1 saturated carbocycles. The summed E-state index contributed by atoms with van der Waals surface area (Å²) in [7, 11) is 1.60. The molecule has 7 rings (SSSR count). The lowest BCUT2D eigenvalue weighted by Crippen LogP contribution is -2.70. The van der Waals surface area contributed by atoms with Gasteiger partial charge in [-0.25, -0.2) is 9.78 Å². The maximum atomic E-state index is 12.9. The number of fused-ring (bicyclic) bond motifs is 3. The van der Waals surface area contributed by atoms with Gasteiger partial charge in [0.15, 0.2) is 0 Å². The van der Waals surface area contributed by atoms with Crippen LogP contribution in [0.2, 0.25) is 0 Å². The highest BCUT2D eigenvalue weighted by molar-refractivity contribution is 5.96. The molecule has 2 aromatic rings. The van der Waals surface area contributed by atoms with Crippen LogP contribution in [0.1, 0.15) is 57.1 Å². The summed E-state index contributed by atoms with van der Waals surface area (Å²) in [4.78, 5) is 32.0. The zero-order valence-electron chi connectivity index (χ0n) is 27.0. The van der Waals surface area contributed by atoms with Gasteiger partial charge < -0.3 is 38.8 Å². The van der Waals surface area contributed by atoms with Crippen LogP contribution in [0.15, 0.2) is 36.4 Å². The standard InChI is InChI=1S/C33H43N7O7/c1-4-45-30(42)23-14-18(10-12-39-13-11-35-32(39)40-17-36-26-28(40)37-31(34)38-29(26)41)25-22(46-23)16-21-20(27(25)44-3)15-24(47-21)33(2,43)19-8-6-5-7-9-19/h10-11,13-14,16,19,24,26,28,31,36-37,43H,4-9,12,15,17,34H2,1-3H3,(H,38,41). The molecule has 252 valence electrons. The Balaban J connectivity index is 1.22. The number of nitrogens with two attached hydrogens (primary N) is 1. The van der Waals surface area contributed by atoms with Gasteiger partial charge in [-0.3, -0.25) is 21.2 Å². The van der Waals surface area contributed by atoms with E-state index in [1.54, 1.807) is 32.4 Å². The molecule has 5 aliphatic rings. The molecule has 1 aromatic heterocycles. The molecule has 0 bridgehead atoms. The van der Waals surface area contributed by atoms with E-state index in [4.69, 9.17) is 24.7 Å². The van der Waals surface area contributed by atoms with E-state index in [-0.39, 0.29) is 30.4 Å². The number of carbonyl (C=O) groups is 2. The first-order chi connectivity index (χ1) is 22.7. The van der Waals surface area contributed by atoms with Crippen LogP contribution in [-0.2, 0) is 27.3 Å². The molecule has 1 aliphatic carbocycles. The molecule has 6 N–H and O–H groups in total. The Bertz CT molecular complexity index is 1610. The molecule has 47 heavy (non-hydrogen) atoms. The Hall–Kier alpha value is -4.11. The molecular formula is C33H43N7O7. The molecule has 1 aromatic carbocycles. The van der Waals surface area contributed by atoms with Crippen LogP contribution in [0.4, 0.5) is 5.95 Å². The summed E-state index contributed by atoms with van der Waals surface area (Å²) in [6.45, 7) is 4.59. The topological polar surface area (TPSA) is 174 Å². The molecule has 14 heteroatoms. The number of aliphatic hydroxyl groups is 1. The zero-order valence-corrected chi connectivity index (χ0v) is 27.0. The highest BCUT2D eigenvalue weighted by atomic mass is 16.6. The number of ether oxygens (including phenoxy) is 4. The fourth-order valence-electron chi connectivity index (χ4n) is 7.58. The monoisotopic (exact) mass is 649 g/mol. The van der Waals surface area contributed by atoms with E-state index in [0.717, 1.165) is 31.2 Å². The molecule has 0 spiro atoms. The molecule has 2 saturated heterocycles. The number of esters is 1. The van der Waals surface area contributed by atoms with E-state index in [1.165, 1.54) is 6.42 Å². The molecule has 5 heterocycles.